The molecular weight excluding hydrogens is 419 g/mol. The summed E-state index contributed by atoms with van der Waals surface area (Å²) in [4.78, 5) is 34.2. The van der Waals surface area contributed by atoms with E-state index in [0.717, 1.165) is 5.69 Å². The van der Waals surface area contributed by atoms with E-state index in [9.17, 15) is 14.7 Å². The van der Waals surface area contributed by atoms with E-state index in [1.165, 1.54) is 17.0 Å². The van der Waals surface area contributed by atoms with E-state index in [2.05, 4.69) is 15.3 Å². The molecule has 1 atom stereocenters. The van der Waals surface area contributed by atoms with Crippen LogP contribution in [0.25, 0.3) is 0 Å². The first kappa shape index (κ1) is 20.9. The van der Waals surface area contributed by atoms with Crippen molar-refractivity contribution in [2.24, 2.45) is 18.0 Å². The topological polar surface area (TPSA) is 126 Å². The Hall–Kier alpha value is -2.78. The molecule has 1 aliphatic heterocycles. The number of nitrogens with zero attached hydrogens (tertiary/aromatic N) is 4. The highest BCUT2D eigenvalue weighted by molar-refractivity contribution is 6.40. The molecule has 11 heteroatoms. The summed E-state index contributed by atoms with van der Waals surface area (Å²) in [6.07, 6.45) is 3.20. The SMILES string of the molecule is Cn1cncc1CC(CC(=O)N1CCN=C1Nc1c(Cl)cc(N)cc1Cl)C(=O)O. The zero-order valence-corrected chi connectivity index (χ0v) is 17.1. The predicted octanol–water partition coefficient (Wildman–Crippen LogP) is 2.25. The van der Waals surface area contributed by atoms with Crippen LogP contribution in [-0.4, -0.2) is 50.5 Å². The zero-order valence-electron chi connectivity index (χ0n) is 15.6. The number of guanidine groups is 1. The number of carbonyl (C=O) groups excluding carboxylic acids is 1. The van der Waals surface area contributed by atoms with Crippen LogP contribution in [-0.2, 0) is 23.1 Å². The number of aliphatic imine (C=N–C) groups is 1. The van der Waals surface area contributed by atoms with Crippen LogP contribution < -0.4 is 11.1 Å². The largest absolute Gasteiger partial charge is 0.481 e. The summed E-state index contributed by atoms with van der Waals surface area (Å²) in [5.41, 5.74) is 7.23. The van der Waals surface area contributed by atoms with Gasteiger partial charge in [0, 0.05) is 44.0 Å². The Morgan fingerprint density at radius 1 is 1.34 bits per heavy atom. The molecule has 0 saturated carbocycles. The molecule has 0 spiro atoms. The lowest BCUT2D eigenvalue weighted by molar-refractivity contribution is -0.145. The van der Waals surface area contributed by atoms with Gasteiger partial charge in [0.1, 0.15) is 0 Å². The Morgan fingerprint density at radius 3 is 2.62 bits per heavy atom. The minimum Gasteiger partial charge on any atom is -0.481 e. The highest BCUT2D eigenvalue weighted by atomic mass is 35.5. The standard InChI is InChI=1S/C18H20Cl2N6O3/c1-25-9-22-8-12(25)4-10(17(28)29)5-15(27)26-3-2-23-18(26)24-16-13(19)6-11(21)7-14(16)20/h6-10H,2-5,21H2,1H3,(H,23,24)(H,28,29). The number of benzene rings is 1. The minimum atomic E-state index is -1.05. The fourth-order valence-corrected chi connectivity index (χ4v) is 3.62. The number of carboxylic acid groups (broad SMARTS) is 1. The van der Waals surface area contributed by atoms with Gasteiger partial charge >= 0.3 is 5.97 Å². The van der Waals surface area contributed by atoms with Crippen molar-refractivity contribution in [2.45, 2.75) is 12.8 Å². The maximum absolute atomic E-state index is 12.8. The molecule has 4 N–H and O–H groups in total. The third kappa shape index (κ3) is 4.80. The average Bonchev–Trinajstić information content (AvgIpc) is 3.26. The first-order valence-corrected chi connectivity index (χ1v) is 9.56. The number of carboxylic acids is 1. The second-order valence-corrected chi connectivity index (χ2v) is 7.49. The van der Waals surface area contributed by atoms with Gasteiger partial charge in [0.15, 0.2) is 0 Å². The van der Waals surface area contributed by atoms with Crippen molar-refractivity contribution >= 4 is 52.4 Å². The molecule has 0 fully saturated rings. The molecule has 3 rings (SSSR count). The third-order valence-corrected chi connectivity index (χ3v) is 5.18. The number of aliphatic carboxylic acids is 1. The number of aromatic nitrogens is 2. The van der Waals surface area contributed by atoms with Crippen LogP contribution >= 0.6 is 23.2 Å². The Bertz CT molecular complexity index is 951. The predicted molar refractivity (Wildman–Crippen MR) is 111 cm³/mol. The van der Waals surface area contributed by atoms with Crippen molar-refractivity contribution in [3.8, 4) is 0 Å². The van der Waals surface area contributed by atoms with Gasteiger partial charge in [-0.25, -0.2) is 4.98 Å². The number of carbonyl (C=O) groups is 2. The fourth-order valence-electron chi connectivity index (χ4n) is 3.02. The summed E-state index contributed by atoms with van der Waals surface area (Å²) in [7, 11) is 1.78. The van der Waals surface area contributed by atoms with E-state index in [1.807, 2.05) is 0 Å². The molecule has 0 aliphatic carbocycles. The third-order valence-electron chi connectivity index (χ3n) is 4.59. The number of nitrogens with one attached hydrogen (secondary N) is 1. The monoisotopic (exact) mass is 438 g/mol. The smallest absolute Gasteiger partial charge is 0.307 e. The van der Waals surface area contributed by atoms with Gasteiger partial charge < -0.3 is 20.7 Å². The molecule has 2 aromatic rings. The molecule has 1 aromatic heterocycles. The number of hydrogen-bond donors (Lipinski definition) is 3. The summed E-state index contributed by atoms with van der Waals surface area (Å²) in [5.74, 6) is -2.02. The highest BCUT2D eigenvalue weighted by Gasteiger charge is 2.30. The number of hydrogen-bond acceptors (Lipinski definition) is 6. The molecule has 9 nitrogen and oxygen atoms in total. The molecule has 2 heterocycles. The van der Waals surface area contributed by atoms with Crippen LogP contribution in [0.3, 0.4) is 0 Å². The molecule has 0 bridgehead atoms. The van der Waals surface area contributed by atoms with Gasteiger partial charge in [-0.3, -0.25) is 19.5 Å². The van der Waals surface area contributed by atoms with Crippen molar-refractivity contribution in [3.63, 3.8) is 0 Å². The quantitative estimate of drug-likeness (QED) is 0.593. The fraction of sp³-hybridized carbons (Fsp3) is 0.333. The Labute approximate surface area is 177 Å². The first-order valence-electron chi connectivity index (χ1n) is 8.80. The molecule has 29 heavy (non-hydrogen) atoms. The lowest BCUT2D eigenvalue weighted by Crippen LogP contribution is -2.40. The highest BCUT2D eigenvalue weighted by Crippen LogP contribution is 2.33. The number of rotatable bonds is 6. The second-order valence-electron chi connectivity index (χ2n) is 6.67. The molecule has 1 unspecified atom stereocenters. The van der Waals surface area contributed by atoms with Gasteiger partial charge in [0.05, 0.1) is 34.5 Å². The van der Waals surface area contributed by atoms with Gasteiger partial charge in [-0.05, 0) is 12.1 Å². The van der Waals surface area contributed by atoms with Crippen LogP contribution in [0, 0.1) is 5.92 Å². The summed E-state index contributed by atoms with van der Waals surface area (Å²) < 4.78 is 1.73. The van der Waals surface area contributed by atoms with Crippen molar-refractivity contribution < 1.29 is 14.7 Å². The van der Waals surface area contributed by atoms with E-state index < -0.39 is 11.9 Å². The van der Waals surface area contributed by atoms with Gasteiger partial charge in [-0.15, -0.1) is 0 Å². The average molecular weight is 439 g/mol. The van der Waals surface area contributed by atoms with Crippen LogP contribution in [0.5, 0.6) is 0 Å². The summed E-state index contributed by atoms with van der Waals surface area (Å²) in [5, 5.41) is 13.1. The van der Waals surface area contributed by atoms with Crippen LogP contribution in [0.2, 0.25) is 10.0 Å². The molecule has 1 aliphatic rings. The number of amides is 1. The van der Waals surface area contributed by atoms with E-state index in [0.29, 0.717) is 24.5 Å². The summed E-state index contributed by atoms with van der Waals surface area (Å²) in [6.45, 7) is 0.723. The number of nitrogen functional groups attached to an aromatic ring is 1. The maximum Gasteiger partial charge on any atom is 0.307 e. The molecule has 1 amide bonds. The van der Waals surface area contributed by atoms with Crippen LogP contribution in [0.4, 0.5) is 11.4 Å². The second kappa shape index (κ2) is 8.71. The Morgan fingerprint density at radius 2 is 2.03 bits per heavy atom. The molecule has 154 valence electrons. The normalized spacial score (nSPS) is 14.6. The summed E-state index contributed by atoms with van der Waals surface area (Å²) >= 11 is 12.4. The van der Waals surface area contributed by atoms with Gasteiger partial charge in [0.25, 0.3) is 0 Å². The first-order chi connectivity index (χ1) is 13.8. The molecule has 0 radical (unpaired) electrons. The van der Waals surface area contributed by atoms with Crippen molar-refractivity contribution in [3.05, 3.63) is 40.4 Å². The number of imidazole rings is 1. The summed E-state index contributed by atoms with van der Waals surface area (Å²) in [6, 6.07) is 3.07. The minimum absolute atomic E-state index is 0.176. The number of aryl methyl sites for hydroxylation is 1. The Kier molecular flexibility index (Phi) is 6.29. The molecule has 1 aromatic carbocycles. The van der Waals surface area contributed by atoms with E-state index in [4.69, 9.17) is 28.9 Å². The zero-order chi connectivity index (χ0) is 21.1. The van der Waals surface area contributed by atoms with Crippen LogP contribution in [0.1, 0.15) is 12.1 Å². The van der Waals surface area contributed by atoms with Crippen molar-refractivity contribution in [2.75, 3.05) is 24.1 Å². The maximum atomic E-state index is 12.8. The van der Waals surface area contributed by atoms with E-state index >= 15 is 0 Å². The number of anilines is 2. The number of halogens is 2. The molecule has 0 saturated heterocycles. The number of nitrogens with two attached hydrogens (primary N) is 1. The lowest BCUT2D eigenvalue weighted by atomic mass is 9.99. The van der Waals surface area contributed by atoms with E-state index in [1.54, 1.807) is 24.1 Å². The molecular formula is C18H20Cl2N6O3. The van der Waals surface area contributed by atoms with Gasteiger partial charge in [-0.2, -0.15) is 0 Å². The van der Waals surface area contributed by atoms with E-state index in [-0.39, 0.29) is 34.8 Å². The Balaban J connectivity index is 1.72. The lowest BCUT2D eigenvalue weighted by Gasteiger charge is -2.22. The van der Waals surface area contributed by atoms with Crippen LogP contribution in [0.15, 0.2) is 29.6 Å². The van der Waals surface area contributed by atoms with Gasteiger partial charge in [0.2, 0.25) is 11.9 Å². The van der Waals surface area contributed by atoms with Crippen molar-refractivity contribution in [1.82, 2.24) is 14.5 Å². The van der Waals surface area contributed by atoms with Crippen molar-refractivity contribution in [1.29, 1.82) is 0 Å². The van der Waals surface area contributed by atoms with Gasteiger partial charge in [-0.1, -0.05) is 23.2 Å².